The largest absolute Gasteiger partial charge is 0.478 e. The zero-order valence-electron chi connectivity index (χ0n) is 10.4. The Kier molecular flexibility index (Phi) is 3.22. The van der Waals surface area contributed by atoms with Crippen molar-refractivity contribution in [1.29, 1.82) is 0 Å². The Morgan fingerprint density at radius 3 is 2.60 bits per heavy atom. The Hall–Kier alpha value is -1.52. The highest BCUT2D eigenvalue weighted by Gasteiger charge is 2.47. The molecule has 0 aliphatic heterocycles. The summed E-state index contributed by atoms with van der Waals surface area (Å²) < 4.78 is 5.77. The summed E-state index contributed by atoms with van der Waals surface area (Å²) in [4.78, 5) is 15.6. The summed E-state index contributed by atoms with van der Waals surface area (Å²) >= 11 is 12.0. The van der Waals surface area contributed by atoms with Crippen LogP contribution in [0.5, 0.6) is 5.75 Å². The first-order valence-electron chi connectivity index (χ1n) is 6.18. The zero-order chi connectivity index (χ0) is 14.3. The number of pyridine rings is 1. The van der Waals surface area contributed by atoms with Gasteiger partial charge in [-0.25, -0.2) is 4.79 Å². The lowest BCUT2D eigenvalue weighted by Gasteiger charge is -2.37. The summed E-state index contributed by atoms with van der Waals surface area (Å²) in [6.45, 7) is 0. The second kappa shape index (κ2) is 4.79. The molecule has 1 heterocycles. The van der Waals surface area contributed by atoms with Crippen molar-refractivity contribution in [3.8, 4) is 5.75 Å². The van der Waals surface area contributed by atoms with E-state index in [0.717, 1.165) is 6.42 Å². The molecule has 1 aliphatic rings. The Balaban J connectivity index is 2.08. The molecule has 4 nitrogen and oxygen atoms in total. The molecule has 6 heteroatoms. The predicted octanol–water partition coefficient (Wildman–Crippen LogP) is 3.93. The van der Waals surface area contributed by atoms with E-state index in [-0.39, 0.29) is 0 Å². The molecule has 0 unspecified atom stereocenters. The maximum Gasteiger partial charge on any atom is 0.348 e. The van der Waals surface area contributed by atoms with E-state index in [1.165, 1.54) is 0 Å². The third kappa shape index (κ3) is 2.09. The molecule has 1 aromatic carbocycles. The summed E-state index contributed by atoms with van der Waals surface area (Å²) in [5, 5.41) is 10.8. The number of benzene rings is 1. The molecule has 1 fully saturated rings. The number of rotatable bonds is 3. The summed E-state index contributed by atoms with van der Waals surface area (Å²) in [5.74, 6) is -0.468. The van der Waals surface area contributed by atoms with Gasteiger partial charge in [0.15, 0.2) is 0 Å². The van der Waals surface area contributed by atoms with Crippen molar-refractivity contribution in [2.75, 3.05) is 0 Å². The minimum absolute atomic E-state index is 0.384. The molecule has 0 bridgehead atoms. The number of carboxylic acid groups (broad SMARTS) is 1. The number of halogens is 2. The van der Waals surface area contributed by atoms with Crippen molar-refractivity contribution < 1.29 is 14.6 Å². The van der Waals surface area contributed by atoms with Gasteiger partial charge in [-0.3, -0.25) is 4.98 Å². The molecule has 1 aliphatic carbocycles. The van der Waals surface area contributed by atoms with Gasteiger partial charge in [0.05, 0.1) is 15.6 Å². The van der Waals surface area contributed by atoms with Crippen molar-refractivity contribution in [3.63, 3.8) is 0 Å². The fraction of sp³-hybridized carbons (Fsp3) is 0.286. The minimum Gasteiger partial charge on any atom is -0.478 e. The van der Waals surface area contributed by atoms with Crippen LogP contribution in [0.25, 0.3) is 10.9 Å². The second-order valence-electron chi connectivity index (χ2n) is 4.85. The molecule has 1 saturated carbocycles. The number of hydrogen-bond acceptors (Lipinski definition) is 3. The van der Waals surface area contributed by atoms with E-state index in [1.54, 1.807) is 24.4 Å². The van der Waals surface area contributed by atoms with Crippen LogP contribution in [0.3, 0.4) is 0 Å². The molecule has 0 radical (unpaired) electrons. The fourth-order valence-corrected chi connectivity index (χ4v) is 2.59. The average molecular weight is 312 g/mol. The number of aliphatic carboxylic acids is 1. The lowest BCUT2D eigenvalue weighted by molar-refractivity contribution is -0.163. The molecular weight excluding hydrogens is 301 g/mol. The number of aromatic nitrogens is 1. The van der Waals surface area contributed by atoms with Gasteiger partial charge in [-0.1, -0.05) is 23.2 Å². The predicted molar refractivity (Wildman–Crippen MR) is 76.6 cm³/mol. The van der Waals surface area contributed by atoms with Crippen LogP contribution < -0.4 is 4.74 Å². The van der Waals surface area contributed by atoms with Crippen molar-refractivity contribution in [2.45, 2.75) is 24.9 Å². The number of ether oxygens (including phenoxy) is 1. The molecule has 0 spiro atoms. The quantitative estimate of drug-likeness (QED) is 0.933. The third-order valence-corrected chi connectivity index (χ3v) is 4.32. The van der Waals surface area contributed by atoms with Gasteiger partial charge in [-0.2, -0.15) is 0 Å². The highest BCUT2D eigenvalue weighted by Crippen LogP contribution is 2.40. The number of carbonyl (C=O) groups is 1. The standard InChI is InChI=1S/C14H11Cl2NO3/c15-9-6-8-11(7-10(9)16)17-5-2-12(8)20-14(13(18)19)3-1-4-14/h2,5-7H,1,3-4H2,(H,18,19). The van der Waals surface area contributed by atoms with Gasteiger partial charge in [0.25, 0.3) is 0 Å². The van der Waals surface area contributed by atoms with Crippen molar-refractivity contribution >= 4 is 40.1 Å². The SMILES string of the molecule is O=C(O)C1(Oc2ccnc3cc(Cl)c(Cl)cc23)CCC1. The number of carboxylic acids is 1. The zero-order valence-corrected chi connectivity index (χ0v) is 11.9. The summed E-state index contributed by atoms with van der Waals surface area (Å²) in [7, 11) is 0. The van der Waals surface area contributed by atoms with E-state index in [9.17, 15) is 9.90 Å². The first kappa shape index (κ1) is 13.5. The van der Waals surface area contributed by atoms with Gasteiger partial charge in [0, 0.05) is 11.6 Å². The smallest absolute Gasteiger partial charge is 0.348 e. The average Bonchev–Trinajstić information content (AvgIpc) is 2.35. The monoisotopic (exact) mass is 311 g/mol. The van der Waals surface area contributed by atoms with Gasteiger partial charge in [0.1, 0.15) is 5.75 Å². The molecule has 2 aromatic rings. The van der Waals surface area contributed by atoms with Crippen LogP contribution in [0, 0.1) is 0 Å². The van der Waals surface area contributed by atoms with Crippen molar-refractivity contribution in [2.24, 2.45) is 0 Å². The van der Waals surface area contributed by atoms with Crippen molar-refractivity contribution in [1.82, 2.24) is 4.98 Å². The molecular formula is C14H11Cl2NO3. The summed E-state index contributed by atoms with van der Waals surface area (Å²) in [6, 6.07) is 4.94. The number of hydrogen-bond donors (Lipinski definition) is 1. The van der Waals surface area contributed by atoms with Gasteiger partial charge >= 0.3 is 5.97 Å². The topological polar surface area (TPSA) is 59.4 Å². The van der Waals surface area contributed by atoms with E-state index < -0.39 is 11.6 Å². The Labute approximate surface area is 125 Å². The first-order valence-corrected chi connectivity index (χ1v) is 6.94. The summed E-state index contributed by atoms with van der Waals surface area (Å²) in [5.41, 5.74) is -0.503. The number of nitrogens with zero attached hydrogens (tertiary/aromatic N) is 1. The van der Waals surface area contributed by atoms with Gasteiger partial charge < -0.3 is 9.84 Å². The van der Waals surface area contributed by atoms with E-state index in [0.29, 0.717) is 39.5 Å². The van der Waals surface area contributed by atoms with Crippen LogP contribution in [-0.4, -0.2) is 21.7 Å². The van der Waals surface area contributed by atoms with Crippen LogP contribution in [0.2, 0.25) is 10.0 Å². The van der Waals surface area contributed by atoms with Crippen LogP contribution >= 0.6 is 23.2 Å². The Morgan fingerprint density at radius 2 is 2.00 bits per heavy atom. The van der Waals surface area contributed by atoms with E-state index in [2.05, 4.69) is 4.98 Å². The minimum atomic E-state index is -1.12. The Bertz CT molecular complexity index is 698. The lowest BCUT2D eigenvalue weighted by Crippen LogP contribution is -2.50. The molecule has 3 rings (SSSR count). The molecule has 1 N–H and O–H groups in total. The van der Waals surface area contributed by atoms with Crippen LogP contribution in [0.15, 0.2) is 24.4 Å². The van der Waals surface area contributed by atoms with Gasteiger partial charge in [-0.05, 0) is 37.5 Å². The molecule has 20 heavy (non-hydrogen) atoms. The maximum absolute atomic E-state index is 11.4. The van der Waals surface area contributed by atoms with Crippen molar-refractivity contribution in [3.05, 3.63) is 34.4 Å². The van der Waals surface area contributed by atoms with Crippen LogP contribution in [0.1, 0.15) is 19.3 Å². The van der Waals surface area contributed by atoms with E-state index in [1.807, 2.05) is 0 Å². The Morgan fingerprint density at radius 1 is 1.30 bits per heavy atom. The fourth-order valence-electron chi connectivity index (χ4n) is 2.27. The summed E-state index contributed by atoms with van der Waals surface area (Å²) in [6.07, 6.45) is 3.43. The van der Waals surface area contributed by atoms with E-state index in [4.69, 9.17) is 27.9 Å². The van der Waals surface area contributed by atoms with Gasteiger partial charge in [-0.15, -0.1) is 0 Å². The lowest BCUT2D eigenvalue weighted by atomic mass is 9.80. The molecule has 0 atom stereocenters. The molecule has 1 aromatic heterocycles. The van der Waals surface area contributed by atoms with Gasteiger partial charge in [0.2, 0.25) is 5.60 Å². The first-order chi connectivity index (χ1) is 9.52. The molecule has 104 valence electrons. The normalized spacial score (nSPS) is 16.7. The van der Waals surface area contributed by atoms with Crippen LogP contribution in [-0.2, 0) is 4.79 Å². The third-order valence-electron chi connectivity index (χ3n) is 3.60. The highest BCUT2D eigenvalue weighted by molar-refractivity contribution is 6.42. The highest BCUT2D eigenvalue weighted by atomic mass is 35.5. The second-order valence-corrected chi connectivity index (χ2v) is 5.66. The van der Waals surface area contributed by atoms with Crippen LogP contribution in [0.4, 0.5) is 0 Å². The van der Waals surface area contributed by atoms with E-state index >= 15 is 0 Å². The number of fused-ring (bicyclic) bond motifs is 1. The maximum atomic E-state index is 11.4. The molecule has 0 saturated heterocycles. The molecule has 0 amide bonds.